The first-order valence-corrected chi connectivity index (χ1v) is 5.26. The topological polar surface area (TPSA) is 57.5 Å². The second-order valence-electron chi connectivity index (χ2n) is 3.94. The largest absolute Gasteiger partial charge is 0.478 e. The zero-order valence-corrected chi connectivity index (χ0v) is 9.39. The molecule has 3 heteroatoms. The van der Waals surface area contributed by atoms with Crippen molar-refractivity contribution in [3.63, 3.8) is 0 Å². The molecule has 15 heavy (non-hydrogen) atoms. The lowest BCUT2D eigenvalue weighted by molar-refractivity contribution is -0.131. The molecule has 2 N–H and O–H groups in total. The Hall–Kier alpha value is -1.09. The van der Waals surface area contributed by atoms with Gasteiger partial charge in [0.25, 0.3) is 0 Å². The molecule has 0 bridgehead atoms. The molecule has 0 spiro atoms. The van der Waals surface area contributed by atoms with Gasteiger partial charge in [-0.3, -0.25) is 0 Å². The van der Waals surface area contributed by atoms with Gasteiger partial charge >= 0.3 is 5.97 Å². The standard InChI is InChI=1S/C12H20O3/c1-10(2)6-4-3-5-7-11(13)8-9-12(14)15/h3,5,8-11,13H,4,6-7H2,1-2H3,(H,14,15). The van der Waals surface area contributed by atoms with Crippen LogP contribution in [0.15, 0.2) is 24.3 Å². The molecule has 0 aromatic rings. The zero-order chi connectivity index (χ0) is 11.7. The molecule has 0 aromatic heterocycles. The minimum absolute atomic E-state index is 0.474. The molecule has 1 atom stereocenters. The number of aliphatic hydroxyl groups is 1. The molecule has 3 nitrogen and oxygen atoms in total. The van der Waals surface area contributed by atoms with Crippen molar-refractivity contribution in [2.45, 2.75) is 39.2 Å². The van der Waals surface area contributed by atoms with E-state index in [0.29, 0.717) is 12.3 Å². The maximum atomic E-state index is 10.1. The van der Waals surface area contributed by atoms with Crippen LogP contribution in [0.25, 0.3) is 0 Å². The van der Waals surface area contributed by atoms with Crippen LogP contribution in [0.3, 0.4) is 0 Å². The highest BCUT2D eigenvalue weighted by molar-refractivity contribution is 5.79. The molecular formula is C12H20O3. The molecule has 86 valence electrons. The predicted molar refractivity (Wildman–Crippen MR) is 60.6 cm³/mol. The van der Waals surface area contributed by atoms with Crippen molar-refractivity contribution in [3.8, 4) is 0 Å². The number of aliphatic carboxylic acids is 1. The summed E-state index contributed by atoms with van der Waals surface area (Å²) in [5.74, 6) is -0.343. The second-order valence-corrected chi connectivity index (χ2v) is 3.94. The Bertz CT molecular complexity index is 229. The molecule has 0 aliphatic carbocycles. The lowest BCUT2D eigenvalue weighted by Crippen LogP contribution is -2.01. The van der Waals surface area contributed by atoms with Crippen LogP contribution >= 0.6 is 0 Å². The van der Waals surface area contributed by atoms with Crippen LogP contribution in [0.2, 0.25) is 0 Å². The maximum absolute atomic E-state index is 10.1. The third kappa shape index (κ3) is 10.8. The van der Waals surface area contributed by atoms with Gasteiger partial charge in [0.05, 0.1) is 6.10 Å². The minimum Gasteiger partial charge on any atom is -0.478 e. The number of hydrogen-bond acceptors (Lipinski definition) is 2. The van der Waals surface area contributed by atoms with Gasteiger partial charge in [-0.2, -0.15) is 0 Å². The minimum atomic E-state index is -1.03. The Kier molecular flexibility index (Phi) is 7.64. The summed E-state index contributed by atoms with van der Waals surface area (Å²) in [6, 6.07) is 0. The molecule has 0 saturated carbocycles. The third-order valence-corrected chi connectivity index (χ3v) is 1.92. The molecule has 0 aromatic carbocycles. The van der Waals surface area contributed by atoms with Gasteiger partial charge in [-0.25, -0.2) is 4.79 Å². The van der Waals surface area contributed by atoms with Gasteiger partial charge in [0.2, 0.25) is 0 Å². The van der Waals surface area contributed by atoms with Gasteiger partial charge in [0, 0.05) is 6.08 Å². The first kappa shape index (κ1) is 13.9. The highest BCUT2D eigenvalue weighted by Gasteiger charge is 1.96. The Balaban J connectivity index is 3.61. The van der Waals surface area contributed by atoms with E-state index in [1.165, 1.54) is 6.08 Å². The van der Waals surface area contributed by atoms with Gasteiger partial charge in [-0.15, -0.1) is 0 Å². The van der Waals surface area contributed by atoms with Crippen molar-refractivity contribution < 1.29 is 15.0 Å². The molecule has 0 radical (unpaired) electrons. The zero-order valence-electron chi connectivity index (χ0n) is 9.39. The Morgan fingerprint density at radius 3 is 2.53 bits per heavy atom. The van der Waals surface area contributed by atoms with E-state index in [4.69, 9.17) is 5.11 Å². The smallest absolute Gasteiger partial charge is 0.328 e. The molecule has 0 saturated heterocycles. The highest BCUT2D eigenvalue weighted by atomic mass is 16.4. The van der Waals surface area contributed by atoms with Gasteiger partial charge in [0.15, 0.2) is 0 Å². The van der Waals surface area contributed by atoms with E-state index >= 15 is 0 Å². The normalized spacial score (nSPS) is 14.1. The van der Waals surface area contributed by atoms with Crippen molar-refractivity contribution in [2.24, 2.45) is 5.92 Å². The lowest BCUT2D eigenvalue weighted by atomic mass is 10.1. The van der Waals surface area contributed by atoms with Gasteiger partial charge < -0.3 is 10.2 Å². The average molecular weight is 212 g/mol. The van der Waals surface area contributed by atoms with Crippen molar-refractivity contribution in [1.82, 2.24) is 0 Å². The van der Waals surface area contributed by atoms with E-state index in [1.54, 1.807) is 0 Å². The highest BCUT2D eigenvalue weighted by Crippen LogP contribution is 2.05. The fraction of sp³-hybridized carbons (Fsp3) is 0.583. The SMILES string of the molecule is CC(C)CCC=CCC(O)C=CC(=O)O. The summed E-state index contributed by atoms with van der Waals surface area (Å²) in [4.78, 5) is 10.1. The molecule has 1 unspecified atom stereocenters. The number of allylic oxidation sites excluding steroid dienone is 1. The van der Waals surface area contributed by atoms with Crippen LogP contribution in [0.4, 0.5) is 0 Å². The van der Waals surface area contributed by atoms with Crippen LogP contribution in [0.5, 0.6) is 0 Å². The first-order chi connectivity index (χ1) is 7.02. The molecule has 0 aliphatic heterocycles. The number of carboxylic acid groups (broad SMARTS) is 1. The summed E-state index contributed by atoms with van der Waals surface area (Å²) >= 11 is 0. The summed E-state index contributed by atoms with van der Waals surface area (Å²) < 4.78 is 0. The van der Waals surface area contributed by atoms with E-state index in [1.807, 2.05) is 12.2 Å². The summed E-state index contributed by atoms with van der Waals surface area (Å²) in [5.41, 5.74) is 0. The summed E-state index contributed by atoms with van der Waals surface area (Å²) in [6.45, 7) is 4.33. The van der Waals surface area contributed by atoms with Gasteiger partial charge in [-0.1, -0.05) is 26.0 Å². The summed E-state index contributed by atoms with van der Waals surface area (Å²) in [6.07, 6.45) is 8.09. The number of aliphatic hydroxyl groups excluding tert-OH is 1. The van der Waals surface area contributed by atoms with Crippen molar-refractivity contribution >= 4 is 5.97 Å². The average Bonchev–Trinajstić information content (AvgIpc) is 2.13. The molecule has 0 rings (SSSR count). The number of carboxylic acids is 1. The van der Waals surface area contributed by atoms with Gasteiger partial charge in [-0.05, 0) is 31.3 Å². The Morgan fingerprint density at radius 1 is 1.33 bits per heavy atom. The molecular weight excluding hydrogens is 192 g/mol. The molecule has 0 amide bonds. The van der Waals surface area contributed by atoms with Crippen LogP contribution in [0, 0.1) is 5.92 Å². The van der Waals surface area contributed by atoms with Crippen molar-refractivity contribution in [2.75, 3.05) is 0 Å². The van der Waals surface area contributed by atoms with Gasteiger partial charge in [0.1, 0.15) is 0 Å². The Labute approximate surface area is 91.1 Å². The Morgan fingerprint density at radius 2 is 2.00 bits per heavy atom. The van der Waals surface area contributed by atoms with E-state index in [-0.39, 0.29) is 0 Å². The summed E-state index contributed by atoms with van der Waals surface area (Å²) in [5, 5.41) is 17.6. The van der Waals surface area contributed by atoms with E-state index in [2.05, 4.69) is 13.8 Å². The lowest BCUT2D eigenvalue weighted by Gasteiger charge is -2.01. The molecule has 0 fully saturated rings. The number of rotatable bonds is 7. The number of carbonyl (C=O) groups is 1. The fourth-order valence-electron chi connectivity index (χ4n) is 1.06. The predicted octanol–water partition coefficient (Wildman–Crippen LogP) is 2.37. The van der Waals surface area contributed by atoms with Crippen LogP contribution < -0.4 is 0 Å². The van der Waals surface area contributed by atoms with E-state index in [0.717, 1.165) is 18.9 Å². The van der Waals surface area contributed by atoms with E-state index in [9.17, 15) is 9.90 Å². The molecule has 0 aliphatic rings. The van der Waals surface area contributed by atoms with Crippen LogP contribution in [-0.2, 0) is 4.79 Å². The maximum Gasteiger partial charge on any atom is 0.328 e. The van der Waals surface area contributed by atoms with Crippen LogP contribution in [0.1, 0.15) is 33.1 Å². The third-order valence-electron chi connectivity index (χ3n) is 1.92. The quantitative estimate of drug-likeness (QED) is 0.503. The first-order valence-electron chi connectivity index (χ1n) is 5.26. The van der Waals surface area contributed by atoms with Crippen LogP contribution in [-0.4, -0.2) is 22.3 Å². The number of hydrogen-bond donors (Lipinski definition) is 2. The summed E-state index contributed by atoms with van der Waals surface area (Å²) in [7, 11) is 0. The van der Waals surface area contributed by atoms with Crippen molar-refractivity contribution in [3.05, 3.63) is 24.3 Å². The van der Waals surface area contributed by atoms with E-state index < -0.39 is 12.1 Å². The molecule has 0 heterocycles. The monoisotopic (exact) mass is 212 g/mol. The fourth-order valence-corrected chi connectivity index (χ4v) is 1.06. The van der Waals surface area contributed by atoms with Crippen molar-refractivity contribution in [1.29, 1.82) is 0 Å². The second kappa shape index (κ2) is 8.24.